The fraction of sp³-hybridized carbons (Fsp3) is 0.267. The van der Waals surface area contributed by atoms with Gasteiger partial charge in [0.05, 0.1) is 22.8 Å². The second-order valence-electron chi connectivity index (χ2n) is 5.13. The van der Waals surface area contributed by atoms with Crippen LogP contribution in [0.25, 0.3) is 0 Å². The summed E-state index contributed by atoms with van der Waals surface area (Å²) in [5.41, 5.74) is 3.58. The number of nitrogens with zero attached hydrogens (tertiary/aromatic N) is 5. The molecule has 1 aromatic carbocycles. The number of carbonyl (C=O) groups excluding carboxylic acids is 1. The molecular formula is C15H17ClN6O. The number of rotatable bonds is 3. The molecular weight excluding hydrogens is 316 g/mol. The fourth-order valence-electron chi connectivity index (χ4n) is 2.25. The van der Waals surface area contributed by atoms with Crippen molar-refractivity contribution in [3.05, 3.63) is 41.7 Å². The number of anilines is 1. The maximum Gasteiger partial charge on any atom is 0.280 e. The predicted molar refractivity (Wildman–Crippen MR) is 90.7 cm³/mol. The normalized spacial score (nSPS) is 17.5. The third-order valence-corrected chi connectivity index (χ3v) is 3.46. The number of aryl methyl sites for hydroxylation is 2. The van der Waals surface area contributed by atoms with Gasteiger partial charge >= 0.3 is 0 Å². The lowest BCUT2D eigenvalue weighted by Crippen LogP contribution is -2.29. The van der Waals surface area contributed by atoms with Gasteiger partial charge in [-0.15, -0.1) is 12.4 Å². The molecule has 2 heterocycles. The average Bonchev–Trinajstić information content (AvgIpc) is 2.99. The van der Waals surface area contributed by atoms with Gasteiger partial charge in [0.1, 0.15) is 5.69 Å². The van der Waals surface area contributed by atoms with Crippen LogP contribution in [0.1, 0.15) is 18.3 Å². The van der Waals surface area contributed by atoms with Crippen molar-refractivity contribution in [1.82, 2.24) is 10.2 Å². The Morgan fingerprint density at radius 3 is 2.48 bits per heavy atom. The topological polar surface area (TPSA) is 86.1 Å². The van der Waals surface area contributed by atoms with Crippen molar-refractivity contribution >= 4 is 35.4 Å². The van der Waals surface area contributed by atoms with Gasteiger partial charge in [-0.2, -0.15) is 25.4 Å². The molecule has 120 valence electrons. The van der Waals surface area contributed by atoms with Crippen LogP contribution < -0.4 is 5.01 Å². The summed E-state index contributed by atoms with van der Waals surface area (Å²) in [5, 5.41) is 20.9. The minimum atomic E-state index is -0.686. The first-order valence-corrected chi connectivity index (χ1v) is 6.94. The van der Waals surface area contributed by atoms with Crippen LogP contribution >= 0.6 is 12.4 Å². The Morgan fingerprint density at radius 2 is 1.87 bits per heavy atom. The van der Waals surface area contributed by atoms with Crippen molar-refractivity contribution < 1.29 is 4.79 Å². The van der Waals surface area contributed by atoms with Crippen LogP contribution in [0.3, 0.4) is 0 Å². The van der Waals surface area contributed by atoms with E-state index in [1.54, 1.807) is 6.92 Å². The number of hydrogen-bond donors (Lipinski definition) is 1. The van der Waals surface area contributed by atoms with Crippen LogP contribution in [0.5, 0.6) is 0 Å². The molecule has 1 aromatic heterocycles. The van der Waals surface area contributed by atoms with Crippen LogP contribution in [0.15, 0.2) is 45.7 Å². The number of aromatic amines is 1. The molecule has 0 fully saturated rings. The lowest BCUT2D eigenvalue weighted by Gasteiger charge is -2.11. The third-order valence-electron chi connectivity index (χ3n) is 3.46. The highest BCUT2D eigenvalue weighted by Gasteiger charge is 2.34. The molecule has 23 heavy (non-hydrogen) atoms. The molecule has 1 unspecified atom stereocenters. The number of H-pyrrole nitrogens is 1. The molecule has 0 radical (unpaired) electrons. The number of carbonyl (C=O) groups is 1. The van der Waals surface area contributed by atoms with Gasteiger partial charge in [0, 0.05) is 0 Å². The van der Waals surface area contributed by atoms with Crippen molar-refractivity contribution in [1.29, 1.82) is 0 Å². The number of amides is 1. The quantitative estimate of drug-likeness (QED) is 0.874. The van der Waals surface area contributed by atoms with Crippen LogP contribution in [0, 0.1) is 13.8 Å². The first-order chi connectivity index (χ1) is 10.6. The molecule has 1 amide bonds. The molecule has 0 saturated carbocycles. The Balaban J connectivity index is 0.00000192. The number of aromatic nitrogens is 2. The van der Waals surface area contributed by atoms with Crippen LogP contribution in [-0.2, 0) is 4.79 Å². The second kappa shape index (κ2) is 6.70. The Labute approximate surface area is 139 Å². The SMILES string of the molecule is CC1=NN(c2ccccc2)C(=O)C1N=Nc1c(C)n[nH]c1C.Cl. The molecule has 1 N–H and O–H groups in total. The zero-order chi connectivity index (χ0) is 15.7. The highest BCUT2D eigenvalue weighted by atomic mass is 35.5. The van der Waals surface area contributed by atoms with Gasteiger partial charge in [0.25, 0.3) is 5.91 Å². The van der Waals surface area contributed by atoms with Gasteiger partial charge < -0.3 is 0 Å². The van der Waals surface area contributed by atoms with E-state index in [-0.39, 0.29) is 18.3 Å². The van der Waals surface area contributed by atoms with E-state index in [2.05, 4.69) is 25.5 Å². The molecule has 8 heteroatoms. The average molecular weight is 333 g/mol. The van der Waals surface area contributed by atoms with E-state index in [1.165, 1.54) is 5.01 Å². The van der Waals surface area contributed by atoms with E-state index in [1.807, 2.05) is 44.2 Å². The Kier molecular flexibility index (Phi) is 4.90. The maximum atomic E-state index is 12.5. The van der Waals surface area contributed by atoms with E-state index in [9.17, 15) is 4.79 Å². The van der Waals surface area contributed by atoms with E-state index >= 15 is 0 Å². The van der Waals surface area contributed by atoms with Crippen LogP contribution in [0.4, 0.5) is 11.4 Å². The Bertz CT molecular complexity index is 748. The molecule has 0 saturated heterocycles. The van der Waals surface area contributed by atoms with E-state index in [0.717, 1.165) is 17.1 Å². The summed E-state index contributed by atoms with van der Waals surface area (Å²) >= 11 is 0. The number of hydrogen-bond acceptors (Lipinski definition) is 5. The number of halogens is 1. The monoisotopic (exact) mass is 332 g/mol. The molecule has 0 spiro atoms. The van der Waals surface area contributed by atoms with E-state index < -0.39 is 6.04 Å². The first kappa shape index (κ1) is 16.8. The molecule has 1 aliphatic rings. The highest BCUT2D eigenvalue weighted by Crippen LogP contribution is 2.25. The summed E-state index contributed by atoms with van der Waals surface area (Å²) in [6.45, 7) is 5.48. The molecule has 0 bridgehead atoms. The van der Waals surface area contributed by atoms with E-state index in [4.69, 9.17) is 0 Å². The first-order valence-electron chi connectivity index (χ1n) is 6.94. The Morgan fingerprint density at radius 1 is 1.17 bits per heavy atom. The lowest BCUT2D eigenvalue weighted by molar-refractivity contribution is -0.117. The Hall–Kier alpha value is -2.54. The van der Waals surface area contributed by atoms with Gasteiger partial charge in [-0.3, -0.25) is 9.89 Å². The zero-order valence-corrected chi connectivity index (χ0v) is 13.8. The largest absolute Gasteiger partial charge is 0.280 e. The van der Waals surface area contributed by atoms with Crippen LogP contribution in [0.2, 0.25) is 0 Å². The summed E-state index contributed by atoms with van der Waals surface area (Å²) < 4.78 is 0. The minimum absolute atomic E-state index is 0. The molecule has 0 aliphatic carbocycles. The summed E-state index contributed by atoms with van der Waals surface area (Å²) in [5.74, 6) is -0.203. The minimum Gasteiger partial charge on any atom is -0.280 e. The number of nitrogens with one attached hydrogen (secondary N) is 1. The van der Waals surface area contributed by atoms with Gasteiger partial charge in [0.15, 0.2) is 6.04 Å². The molecule has 1 aliphatic heterocycles. The van der Waals surface area contributed by atoms with Crippen molar-refractivity contribution in [3.63, 3.8) is 0 Å². The van der Waals surface area contributed by atoms with Crippen molar-refractivity contribution in [2.24, 2.45) is 15.3 Å². The van der Waals surface area contributed by atoms with Gasteiger partial charge in [-0.05, 0) is 32.9 Å². The second-order valence-corrected chi connectivity index (χ2v) is 5.13. The number of azo groups is 1. The standard InChI is InChI=1S/C15H16N6O.ClH/c1-9-13(10(2)17-16-9)18-19-14-11(3)20-21(15(14)22)12-7-5-4-6-8-12;/h4-8,14H,1-3H3,(H,16,17);1H. The van der Waals surface area contributed by atoms with Gasteiger partial charge in [-0.1, -0.05) is 18.2 Å². The maximum absolute atomic E-state index is 12.5. The highest BCUT2D eigenvalue weighted by molar-refractivity contribution is 6.18. The number of para-hydroxylation sites is 1. The summed E-state index contributed by atoms with van der Waals surface area (Å²) in [6.07, 6.45) is 0. The zero-order valence-electron chi connectivity index (χ0n) is 13.0. The van der Waals surface area contributed by atoms with Crippen molar-refractivity contribution in [3.8, 4) is 0 Å². The van der Waals surface area contributed by atoms with Crippen molar-refractivity contribution in [2.45, 2.75) is 26.8 Å². The smallest absolute Gasteiger partial charge is 0.280 e. The summed E-state index contributed by atoms with van der Waals surface area (Å²) in [4.78, 5) is 12.5. The number of hydrazone groups is 1. The molecule has 2 aromatic rings. The van der Waals surface area contributed by atoms with Crippen LogP contribution in [-0.4, -0.2) is 27.9 Å². The van der Waals surface area contributed by atoms with E-state index in [0.29, 0.717) is 11.4 Å². The third kappa shape index (κ3) is 3.14. The molecule has 1 atom stereocenters. The molecule has 7 nitrogen and oxygen atoms in total. The fourth-order valence-corrected chi connectivity index (χ4v) is 2.25. The lowest BCUT2D eigenvalue weighted by atomic mass is 10.2. The summed E-state index contributed by atoms with van der Waals surface area (Å²) in [6, 6.07) is 8.59. The summed E-state index contributed by atoms with van der Waals surface area (Å²) in [7, 11) is 0. The van der Waals surface area contributed by atoms with Gasteiger partial charge in [0.2, 0.25) is 0 Å². The molecule has 3 rings (SSSR count). The predicted octanol–water partition coefficient (Wildman–Crippen LogP) is 3.32. The van der Waals surface area contributed by atoms with Gasteiger partial charge in [-0.25, -0.2) is 0 Å². The number of benzene rings is 1. The van der Waals surface area contributed by atoms with Crippen molar-refractivity contribution in [2.75, 3.05) is 5.01 Å².